The van der Waals surface area contributed by atoms with Crippen molar-refractivity contribution in [3.8, 4) is 0 Å². The van der Waals surface area contributed by atoms with Crippen molar-refractivity contribution in [1.82, 2.24) is 15.1 Å². The normalized spacial score (nSPS) is 43.7. The summed E-state index contributed by atoms with van der Waals surface area (Å²) < 4.78 is 57.1. The van der Waals surface area contributed by atoms with Crippen LogP contribution in [0.15, 0.2) is 12.2 Å². The second-order valence-corrected chi connectivity index (χ2v) is 18.9. The molecule has 0 radical (unpaired) electrons. The fraction of sp³-hybridized carbons (Fsp3) is 0.897. The predicted octanol–water partition coefficient (Wildman–Crippen LogP) is 7.57. The van der Waals surface area contributed by atoms with Crippen LogP contribution in [-0.2, 0) is 14.2 Å². The third kappa shape index (κ3) is 5.26. The van der Waals surface area contributed by atoms with E-state index in [1.165, 1.54) is 36.2 Å². The molecular weight excluding hydrogens is 647 g/mol. The summed E-state index contributed by atoms with van der Waals surface area (Å²) in [5.41, 5.74) is 1.89. The van der Waals surface area contributed by atoms with E-state index in [9.17, 15) is 22.8 Å². The van der Waals surface area contributed by atoms with E-state index in [4.69, 9.17) is 20.8 Å². The number of amides is 2. The van der Waals surface area contributed by atoms with Crippen molar-refractivity contribution in [3.05, 3.63) is 12.2 Å². The monoisotopic (exact) mass is 705 g/mol. The summed E-state index contributed by atoms with van der Waals surface area (Å²) >= 11 is 0. The van der Waals surface area contributed by atoms with Gasteiger partial charge in [-0.05, 0) is 104 Å². The molecule has 1 N–H and O–H groups in total. The van der Waals surface area contributed by atoms with Crippen LogP contribution < -0.4 is 5.32 Å². The molecule has 11 unspecified atom stereocenters. The number of hydrogen-bond acceptors (Lipinski definition) is 6. The topological polar surface area (TPSA) is 80.3 Å². The zero-order valence-electron chi connectivity index (χ0n) is 30.7. The van der Waals surface area contributed by atoms with Crippen LogP contribution in [0.5, 0.6) is 0 Å². The standard InChI is InChI=1S/C39H58F3N3O5/c1-22(2)32(50-33(46)44-14-7-15-44)28-16-23(3)31-27(48-28)17-26-25-8-9-29-35(4,5)30(10-11-38(29)20-37(25,38)13-12-36(26,31)6)49-34(47)45-18-24(19-45)43-21-39(40,41)42/h22,24-32,43H,3,7-21H2,1-2,4-6H3. The van der Waals surface area contributed by atoms with Crippen molar-refractivity contribution < 1.29 is 37.0 Å². The number of alkyl halides is 3. The number of carbonyl (C=O) groups is 2. The molecule has 3 saturated heterocycles. The van der Waals surface area contributed by atoms with Crippen LogP contribution in [0, 0.1) is 51.2 Å². The van der Waals surface area contributed by atoms with E-state index >= 15 is 0 Å². The van der Waals surface area contributed by atoms with Crippen molar-refractivity contribution in [2.75, 3.05) is 32.7 Å². The van der Waals surface area contributed by atoms with Gasteiger partial charge in [0.25, 0.3) is 0 Å². The van der Waals surface area contributed by atoms with Gasteiger partial charge >= 0.3 is 18.4 Å². The van der Waals surface area contributed by atoms with Gasteiger partial charge in [-0.3, -0.25) is 0 Å². The minimum Gasteiger partial charge on any atom is -0.446 e. The van der Waals surface area contributed by atoms with E-state index < -0.39 is 12.7 Å². The van der Waals surface area contributed by atoms with Gasteiger partial charge < -0.3 is 29.3 Å². The molecule has 3 heterocycles. The number of halogens is 3. The minimum absolute atomic E-state index is 0.110. The molecule has 0 aromatic rings. The van der Waals surface area contributed by atoms with Gasteiger partial charge in [-0.2, -0.15) is 13.2 Å². The Morgan fingerprint density at radius 3 is 2.40 bits per heavy atom. The van der Waals surface area contributed by atoms with E-state index in [0.29, 0.717) is 29.1 Å². The number of carbonyl (C=O) groups excluding carboxylic acids is 2. The molecule has 5 saturated carbocycles. The molecule has 280 valence electrons. The number of fused-ring (bicyclic) bond motifs is 4. The summed E-state index contributed by atoms with van der Waals surface area (Å²) in [4.78, 5) is 29.3. The molecule has 5 aliphatic carbocycles. The summed E-state index contributed by atoms with van der Waals surface area (Å²) in [6.07, 6.45) is 5.37. The van der Waals surface area contributed by atoms with Gasteiger partial charge in [0.05, 0.1) is 18.8 Å². The van der Waals surface area contributed by atoms with Crippen LogP contribution in [0.2, 0.25) is 0 Å². The van der Waals surface area contributed by atoms with E-state index in [1.807, 2.05) is 0 Å². The van der Waals surface area contributed by atoms with Crippen LogP contribution in [0.3, 0.4) is 0 Å². The fourth-order valence-corrected chi connectivity index (χ4v) is 13.3. The quantitative estimate of drug-likeness (QED) is 0.288. The molecule has 8 fully saturated rings. The summed E-state index contributed by atoms with van der Waals surface area (Å²) in [5.74, 6) is 2.20. The number of likely N-dealkylation sites (tertiary alicyclic amines) is 2. The lowest BCUT2D eigenvalue weighted by atomic mass is 9.46. The van der Waals surface area contributed by atoms with Crippen LogP contribution in [0.4, 0.5) is 22.8 Å². The average molecular weight is 706 g/mol. The highest BCUT2D eigenvalue weighted by Crippen LogP contribution is 2.87. The highest BCUT2D eigenvalue weighted by molar-refractivity contribution is 5.69. The third-order valence-corrected chi connectivity index (χ3v) is 15.8. The second-order valence-electron chi connectivity index (χ2n) is 18.9. The molecule has 11 heteroatoms. The molecule has 3 aliphatic heterocycles. The van der Waals surface area contributed by atoms with Crippen molar-refractivity contribution in [2.24, 2.45) is 51.2 Å². The van der Waals surface area contributed by atoms with Crippen molar-refractivity contribution in [3.63, 3.8) is 0 Å². The molecule has 0 aromatic heterocycles. The van der Waals surface area contributed by atoms with Crippen LogP contribution in [0.25, 0.3) is 0 Å². The van der Waals surface area contributed by atoms with E-state index in [2.05, 4.69) is 39.9 Å². The summed E-state index contributed by atoms with van der Waals surface area (Å²) in [6, 6.07) is -0.345. The van der Waals surface area contributed by atoms with Crippen molar-refractivity contribution >= 4 is 12.2 Å². The molecule has 0 bridgehead atoms. The Kier molecular flexibility index (Phi) is 8.23. The highest BCUT2D eigenvalue weighted by atomic mass is 19.4. The predicted molar refractivity (Wildman–Crippen MR) is 181 cm³/mol. The molecule has 11 atom stereocenters. The Labute approximate surface area is 295 Å². The van der Waals surface area contributed by atoms with E-state index in [-0.39, 0.29) is 77.9 Å². The molecule has 8 rings (SSSR count). The molecule has 8 nitrogen and oxygen atoms in total. The lowest BCUT2D eigenvalue weighted by Gasteiger charge is -2.59. The first-order valence-electron chi connectivity index (χ1n) is 19.5. The molecule has 2 spiro atoms. The van der Waals surface area contributed by atoms with Gasteiger partial charge in [-0.1, -0.05) is 46.8 Å². The molecular formula is C39H58F3N3O5. The van der Waals surface area contributed by atoms with Crippen molar-refractivity contribution in [2.45, 2.75) is 135 Å². The number of nitrogens with one attached hydrogen (secondary N) is 1. The van der Waals surface area contributed by atoms with Gasteiger partial charge in [0.15, 0.2) is 0 Å². The maximum Gasteiger partial charge on any atom is 0.410 e. The SMILES string of the molecule is C=C1CC(C(OC(=O)N2CCC2)C(C)C)OC2CC3C4CCC5C(C)(C)C(OC(=O)N6CC(NCC(F)(F)F)C6)CCC56CC46CCC3(C)C12. The number of nitrogens with zero attached hydrogens (tertiary/aromatic N) is 2. The lowest BCUT2D eigenvalue weighted by Crippen LogP contribution is -2.62. The molecule has 2 amide bonds. The van der Waals surface area contributed by atoms with Gasteiger partial charge in [0.2, 0.25) is 0 Å². The smallest absolute Gasteiger partial charge is 0.410 e. The number of hydrogen-bond donors (Lipinski definition) is 1. The van der Waals surface area contributed by atoms with Crippen LogP contribution >= 0.6 is 0 Å². The third-order valence-electron chi connectivity index (χ3n) is 15.8. The van der Waals surface area contributed by atoms with Gasteiger partial charge in [0.1, 0.15) is 12.2 Å². The first kappa shape index (κ1) is 35.0. The zero-order valence-corrected chi connectivity index (χ0v) is 30.7. The van der Waals surface area contributed by atoms with Gasteiger partial charge in [0, 0.05) is 43.6 Å². The second kappa shape index (κ2) is 11.7. The zero-order chi connectivity index (χ0) is 35.6. The minimum atomic E-state index is -4.26. The Hall–Kier alpha value is -2.01. The Bertz CT molecular complexity index is 1390. The maximum atomic E-state index is 13.1. The number of ether oxygens (including phenoxy) is 3. The molecule has 8 aliphatic rings. The summed E-state index contributed by atoms with van der Waals surface area (Å²) in [5, 5.41) is 2.49. The summed E-state index contributed by atoms with van der Waals surface area (Å²) in [7, 11) is 0. The number of rotatable bonds is 6. The average Bonchev–Trinajstić information content (AvgIpc) is 3.54. The lowest BCUT2D eigenvalue weighted by molar-refractivity contribution is -0.140. The van der Waals surface area contributed by atoms with Crippen LogP contribution in [-0.4, -0.2) is 91.3 Å². The Morgan fingerprint density at radius 2 is 1.74 bits per heavy atom. The fourth-order valence-electron chi connectivity index (χ4n) is 13.3. The van der Waals surface area contributed by atoms with Crippen molar-refractivity contribution in [1.29, 1.82) is 0 Å². The molecule has 50 heavy (non-hydrogen) atoms. The maximum absolute atomic E-state index is 13.1. The first-order chi connectivity index (χ1) is 23.5. The first-order valence-corrected chi connectivity index (χ1v) is 19.5. The Morgan fingerprint density at radius 1 is 1.00 bits per heavy atom. The van der Waals surface area contributed by atoms with Crippen LogP contribution in [0.1, 0.15) is 98.8 Å². The largest absolute Gasteiger partial charge is 0.446 e. The summed E-state index contributed by atoms with van der Waals surface area (Å²) in [6.45, 7) is 17.0. The molecule has 0 aromatic carbocycles. The highest BCUT2D eigenvalue weighted by Gasteiger charge is 2.81. The van der Waals surface area contributed by atoms with Gasteiger partial charge in [-0.25, -0.2) is 9.59 Å². The van der Waals surface area contributed by atoms with E-state index in [1.54, 1.807) is 4.90 Å². The Balaban J connectivity index is 0.928. The van der Waals surface area contributed by atoms with Gasteiger partial charge in [-0.15, -0.1) is 0 Å². The van der Waals surface area contributed by atoms with E-state index in [0.717, 1.165) is 51.6 Å².